The quantitative estimate of drug-likeness (QED) is 0.871. The number of aromatic nitrogens is 1. The van der Waals surface area contributed by atoms with E-state index < -0.39 is 0 Å². The average molecular weight is 357 g/mol. The normalized spacial score (nSPS) is 20.7. The van der Waals surface area contributed by atoms with Crippen molar-refractivity contribution in [1.82, 2.24) is 19.7 Å². The van der Waals surface area contributed by atoms with Crippen molar-refractivity contribution < 1.29 is 4.79 Å². The number of likely N-dealkylation sites (N-methyl/N-ethyl adjacent to an activating group) is 2. The van der Waals surface area contributed by atoms with Gasteiger partial charge in [-0.25, -0.2) is 0 Å². The van der Waals surface area contributed by atoms with E-state index in [1.807, 2.05) is 16.8 Å². The van der Waals surface area contributed by atoms with Gasteiger partial charge in [0.05, 0.1) is 0 Å². The van der Waals surface area contributed by atoms with E-state index >= 15 is 0 Å². The summed E-state index contributed by atoms with van der Waals surface area (Å²) in [4.78, 5) is 17.0. The predicted molar refractivity (Wildman–Crippen MR) is 88.7 cm³/mol. The molecule has 1 aliphatic rings. The topological polar surface area (TPSA) is 40.5 Å². The summed E-state index contributed by atoms with van der Waals surface area (Å²) >= 11 is 3.45. The lowest BCUT2D eigenvalue weighted by atomic mass is 10.2. The molecular weight excluding hydrogens is 332 g/mol. The van der Waals surface area contributed by atoms with Crippen LogP contribution in [-0.2, 0) is 6.54 Å². The summed E-state index contributed by atoms with van der Waals surface area (Å²) in [5, 5.41) is 3.08. The third-order valence-electron chi connectivity index (χ3n) is 4.04. The van der Waals surface area contributed by atoms with Crippen LogP contribution in [0.15, 0.2) is 16.7 Å². The third-order valence-corrected chi connectivity index (χ3v) is 4.47. The highest BCUT2D eigenvalue weighted by Gasteiger charge is 2.23. The molecule has 1 aliphatic heterocycles. The lowest BCUT2D eigenvalue weighted by Crippen LogP contribution is -2.54. The summed E-state index contributed by atoms with van der Waals surface area (Å²) in [5.74, 6) is 0.00998. The van der Waals surface area contributed by atoms with Gasteiger partial charge in [0.1, 0.15) is 5.69 Å². The molecule has 1 aromatic rings. The molecule has 1 atom stereocenters. The van der Waals surface area contributed by atoms with Crippen LogP contribution in [-0.4, -0.2) is 66.6 Å². The minimum atomic E-state index is 0.00998. The zero-order valence-electron chi connectivity index (χ0n) is 13.1. The highest BCUT2D eigenvalue weighted by atomic mass is 79.9. The van der Waals surface area contributed by atoms with Crippen LogP contribution in [0.25, 0.3) is 0 Å². The molecule has 2 heterocycles. The Morgan fingerprint density at radius 2 is 2.19 bits per heavy atom. The highest BCUT2D eigenvalue weighted by Crippen LogP contribution is 2.15. The van der Waals surface area contributed by atoms with Gasteiger partial charge in [0.25, 0.3) is 5.91 Å². The second-order valence-corrected chi connectivity index (χ2v) is 6.76. The number of hydrogen-bond donors (Lipinski definition) is 1. The maximum atomic E-state index is 12.4. The van der Waals surface area contributed by atoms with Gasteiger partial charge in [-0.15, -0.1) is 0 Å². The lowest BCUT2D eigenvalue weighted by molar-refractivity contribution is 0.0873. The second-order valence-electron chi connectivity index (χ2n) is 5.84. The predicted octanol–water partition coefficient (Wildman–Crippen LogP) is 1.64. The average Bonchev–Trinajstić information content (AvgIpc) is 2.81. The standard InChI is InChI=1S/C15H25BrN4O/c1-4-5-20-10-12(16)8-14(20)15(21)17-9-13-11-18(2)6-7-19(13)3/h8,10,13H,4-7,9,11H2,1-3H3,(H,17,21). The number of hydrogen-bond acceptors (Lipinski definition) is 3. The van der Waals surface area contributed by atoms with Crippen LogP contribution in [0.3, 0.4) is 0 Å². The molecule has 0 spiro atoms. The zero-order chi connectivity index (χ0) is 15.4. The molecule has 118 valence electrons. The lowest BCUT2D eigenvalue weighted by Gasteiger charge is -2.37. The Hall–Kier alpha value is -0.850. The number of amides is 1. The van der Waals surface area contributed by atoms with Crippen molar-refractivity contribution in [3.05, 3.63) is 22.4 Å². The minimum Gasteiger partial charge on any atom is -0.349 e. The number of carbonyl (C=O) groups is 1. The van der Waals surface area contributed by atoms with E-state index in [0.717, 1.165) is 42.8 Å². The van der Waals surface area contributed by atoms with Gasteiger partial charge in [-0.05, 0) is 42.5 Å². The maximum absolute atomic E-state index is 12.4. The number of halogens is 1. The van der Waals surface area contributed by atoms with E-state index in [9.17, 15) is 4.79 Å². The first kappa shape index (κ1) is 16.5. The van der Waals surface area contributed by atoms with Crippen molar-refractivity contribution >= 4 is 21.8 Å². The Balaban J connectivity index is 1.95. The number of aryl methyl sites for hydroxylation is 1. The summed E-state index contributed by atoms with van der Waals surface area (Å²) in [6.45, 7) is 6.80. The number of rotatable bonds is 5. The van der Waals surface area contributed by atoms with E-state index in [1.54, 1.807) is 0 Å². The van der Waals surface area contributed by atoms with Crippen LogP contribution in [0.5, 0.6) is 0 Å². The molecule has 6 heteroatoms. The van der Waals surface area contributed by atoms with E-state index in [0.29, 0.717) is 12.6 Å². The molecule has 0 saturated carbocycles. The fourth-order valence-corrected chi connectivity index (χ4v) is 3.18. The summed E-state index contributed by atoms with van der Waals surface area (Å²) in [5.41, 5.74) is 0.732. The molecule has 21 heavy (non-hydrogen) atoms. The molecular formula is C15H25BrN4O. The first-order chi connectivity index (χ1) is 10.0. The molecule has 0 bridgehead atoms. The summed E-state index contributed by atoms with van der Waals surface area (Å²) in [6, 6.07) is 2.27. The smallest absolute Gasteiger partial charge is 0.268 e. The van der Waals surface area contributed by atoms with Gasteiger partial charge in [0, 0.05) is 49.4 Å². The minimum absolute atomic E-state index is 0.00998. The Morgan fingerprint density at radius 3 is 2.90 bits per heavy atom. The van der Waals surface area contributed by atoms with E-state index in [-0.39, 0.29) is 5.91 Å². The molecule has 1 saturated heterocycles. The molecule has 1 unspecified atom stereocenters. The van der Waals surface area contributed by atoms with Gasteiger partial charge in [-0.2, -0.15) is 0 Å². The van der Waals surface area contributed by atoms with Crippen LogP contribution >= 0.6 is 15.9 Å². The molecule has 5 nitrogen and oxygen atoms in total. The fraction of sp³-hybridized carbons (Fsp3) is 0.667. The molecule has 0 aliphatic carbocycles. The first-order valence-corrected chi connectivity index (χ1v) is 8.33. The summed E-state index contributed by atoms with van der Waals surface area (Å²) < 4.78 is 2.96. The molecule has 0 aromatic carbocycles. The largest absolute Gasteiger partial charge is 0.349 e. The van der Waals surface area contributed by atoms with Crippen LogP contribution in [0.4, 0.5) is 0 Å². The van der Waals surface area contributed by atoms with Crippen molar-refractivity contribution in [1.29, 1.82) is 0 Å². The van der Waals surface area contributed by atoms with Gasteiger partial charge in [-0.3, -0.25) is 9.69 Å². The van der Waals surface area contributed by atoms with E-state index in [4.69, 9.17) is 0 Å². The fourth-order valence-electron chi connectivity index (χ4n) is 2.71. The van der Waals surface area contributed by atoms with Crippen LogP contribution in [0.1, 0.15) is 23.8 Å². The third kappa shape index (κ3) is 4.31. The monoisotopic (exact) mass is 356 g/mol. The van der Waals surface area contributed by atoms with Crippen molar-refractivity contribution in [3.8, 4) is 0 Å². The van der Waals surface area contributed by atoms with Crippen LogP contribution in [0.2, 0.25) is 0 Å². The number of piperazine rings is 1. The summed E-state index contributed by atoms with van der Waals surface area (Å²) in [6.07, 6.45) is 2.98. The molecule has 1 fully saturated rings. The van der Waals surface area contributed by atoms with Crippen molar-refractivity contribution in [2.45, 2.75) is 25.9 Å². The molecule has 1 aromatic heterocycles. The zero-order valence-corrected chi connectivity index (χ0v) is 14.7. The Morgan fingerprint density at radius 1 is 1.43 bits per heavy atom. The van der Waals surface area contributed by atoms with Crippen molar-refractivity contribution in [2.24, 2.45) is 0 Å². The van der Waals surface area contributed by atoms with Crippen LogP contribution in [0, 0.1) is 0 Å². The highest BCUT2D eigenvalue weighted by molar-refractivity contribution is 9.10. The van der Waals surface area contributed by atoms with Crippen molar-refractivity contribution in [2.75, 3.05) is 40.3 Å². The van der Waals surface area contributed by atoms with Gasteiger partial charge in [-0.1, -0.05) is 6.92 Å². The van der Waals surface area contributed by atoms with Crippen molar-refractivity contribution in [3.63, 3.8) is 0 Å². The summed E-state index contributed by atoms with van der Waals surface area (Å²) in [7, 11) is 4.26. The number of carbonyl (C=O) groups excluding carboxylic acids is 1. The Kier molecular flexibility index (Phi) is 5.84. The van der Waals surface area contributed by atoms with Crippen LogP contribution < -0.4 is 5.32 Å². The van der Waals surface area contributed by atoms with Gasteiger partial charge in [0.2, 0.25) is 0 Å². The van der Waals surface area contributed by atoms with E-state index in [2.05, 4.69) is 52.1 Å². The Bertz CT molecular complexity index is 488. The first-order valence-electron chi connectivity index (χ1n) is 7.54. The van der Waals surface area contributed by atoms with Gasteiger partial charge >= 0.3 is 0 Å². The Labute approximate surface area is 135 Å². The molecule has 1 N–H and O–H groups in total. The SMILES string of the molecule is CCCn1cc(Br)cc1C(=O)NCC1CN(C)CCN1C. The van der Waals surface area contributed by atoms with Gasteiger partial charge in [0.15, 0.2) is 0 Å². The van der Waals surface area contributed by atoms with E-state index in [1.165, 1.54) is 0 Å². The molecule has 1 amide bonds. The molecule has 0 radical (unpaired) electrons. The number of nitrogens with zero attached hydrogens (tertiary/aromatic N) is 3. The second kappa shape index (κ2) is 7.42. The maximum Gasteiger partial charge on any atom is 0.268 e. The molecule has 2 rings (SSSR count). The number of nitrogens with one attached hydrogen (secondary N) is 1. The van der Waals surface area contributed by atoms with Gasteiger partial charge < -0.3 is 14.8 Å².